The molecule has 0 aliphatic rings. The highest BCUT2D eigenvalue weighted by atomic mass is 16.3. The molecule has 0 aliphatic carbocycles. The van der Waals surface area contributed by atoms with Gasteiger partial charge in [0.25, 0.3) is 0 Å². The molecule has 0 saturated carbocycles. The van der Waals surface area contributed by atoms with Crippen molar-refractivity contribution >= 4 is 43.7 Å². The maximum absolute atomic E-state index is 6.39. The number of para-hydroxylation sites is 2. The number of aryl methyl sites for hydroxylation is 1. The van der Waals surface area contributed by atoms with Crippen LogP contribution in [0, 0.1) is 0 Å². The van der Waals surface area contributed by atoms with Crippen LogP contribution in [0.25, 0.3) is 106 Å². The topological polar surface area (TPSA) is 56.7 Å². The fourth-order valence-electron chi connectivity index (χ4n) is 8.62. The normalized spacial score (nSPS) is 11.6. The molecular weight excluding hydrogens is 733 g/mol. The number of hydrogen-bond donors (Lipinski definition) is 0. The number of nitrogens with zero attached hydrogens (tertiary/aromatic N) is 4. The molecule has 0 unspecified atom stereocenters. The zero-order valence-corrected chi connectivity index (χ0v) is 33.2. The molecule has 0 N–H and O–H groups in total. The third-order valence-electron chi connectivity index (χ3n) is 11.6. The van der Waals surface area contributed by atoms with E-state index in [1.54, 1.807) is 0 Å². The number of furan rings is 1. The molecule has 0 atom stereocenters. The van der Waals surface area contributed by atoms with E-state index < -0.39 is 0 Å². The number of hydrogen-bond acceptors (Lipinski definition) is 4. The molecule has 3 heterocycles. The largest absolute Gasteiger partial charge is 0.456 e. The lowest BCUT2D eigenvalue weighted by molar-refractivity contribution is 0.667. The maximum atomic E-state index is 6.39. The van der Waals surface area contributed by atoms with Gasteiger partial charge in [0.2, 0.25) is 0 Å². The Bertz CT molecular complexity index is 3360. The van der Waals surface area contributed by atoms with Gasteiger partial charge in [0, 0.05) is 38.2 Å². The van der Waals surface area contributed by atoms with E-state index in [1.165, 1.54) is 29.2 Å². The number of rotatable bonds is 9. The van der Waals surface area contributed by atoms with Crippen molar-refractivity contribution in [1.29, 1.82) is 0 Å². The number of unbranched alkanes of at least 4 members (excludes halogenated alkanes) is 1. The molecule has 11 aromatic rings. The number of aromatic nitrogens is 4. The lowest BCUT2D eigenvalue weighted by atomic mass is 10.0. The lowest BCUT2D eigenvalue weighted by Crippen LogP contribution is -2.03. The van der Waals surface area contributed by atoms with E-state index >= 15 is 0 Å². The summed E-state index contributed by atoms with van der Waals surface area (Å²) in [7, 11) is 0. The van der Waals surface area contributed by atoms with Crippen LogP contribution in [0.1, 0.15) is 25.3 Å². The van der Waals surface area contributed by atoms with Gasteiger partial charge in [-0.05, 0) is 89.2 Å². The van der Waals surface area contributed by atoms with Gasteiger partial charge in [-0.25, -0.2) is 15.0 Å². The molecule has 5 nitrogen and oxygen atoms in total. The SMILES string of the molecule is CCCCc1ccc2c(c1)oc1ccc(-c3ccc4c5ccccc5n(-c5ccccc5-c5nc(-c6ccccc6)nc(-c6cccc(-c7ccccc7)c6)n5)c4c3)cc12. The second kappa shape index (κ2) is 14.9. The Morgan fingerprint density at radius 2 is 1.05 bits per heavy atom. The lowest BCUT2D eigenvalue weighted by Gasteiger charge is -2.15. The van der Waals surface area contributed by atoms with Gasteiger partial charge in [-0.1, -0.05) is 153 Å². The zero-order chi connectivity index (χ0) is 40.0. The fraction of sp³-hybridized carbons (Fsp3) is 0.0727. The number of benzene rings is 8. The fourth-order valence-corrected chi connectivity index (χ4v) is 8.62. The maximum Gasteiger partial charge on any atom is 0.166 e. The predicted octanol–water partition coefficient (Wildman–Crippen LogP) is 14.5. The van der Waals surface area contributed by atoms with E-state index in [2.05, 4.69) is 175 Å². The van der Waals surface area contributed by atoms with Crippen molar-refractivity contribution in [3.05, 3.63) is 194 Å². The summed E-state index contributed by atoms with van der Waals surface area (Å²) < 4.78 is 8.75. The van der Waals surface area contributed by atoms with Crippen LogP contribution >= 0.6 is 0 Å². The minimum absolute atomic E-state index is 0.608. The summed E-state index contributed by atoms with van der Waals surface area (Å²) in [6, 6.07) is 66.2. The highest BCUT2D eigenvalue weighted by molar-refractivity contribution is 6.11. The third kappa shape index (κ3) is 6.32. The smallest absolute Gasteiger partial charge is 0.166 e. The first-order valence-electron chi connectivity index (χ1n) is 20.7. The van der Waals surface area contributed by atoms with Crippen molar-refractivity contribution in [2.24, 2.45) is 0 Å². The standard InChI is InChI=1S/C55H40N4O/c1-2-3-15-36-26-29-45-47-34-40(28-31-51(47)60-52(45)32-36)41-27-30-44-43-22-10-12-24-48(43)59(50(44)35-41)49-25-13-11-23-46(49)55-57-53(38-18-8-5-9-19-38)56-54(58-55)42-21-14-20-39(33-42)37-16-6-4-7-17-37/h4-14,16-35H,2-3,15H2,1H3. The molecule has 0 aliphatic heterocycles. The van der Waals surface area contributed by atoms with Crippen LogP contribution in [0.3, 0.4) is 0 Å². The third-order valence-corrected chi connectivity index (χ3v) is 11.6. The van der Waals surface area contributed by atoms with E-state index in [1.807, 2.05) is 24.3 Å². The van der Waals surface area contributed by atoms with Crippen LogP contribution in [0.2, 0.25) is 0 Å². The summed E-state index contributed by atoms with van der Waals surface area (Å²) in [5.41, 5.74) is 13.7. The summed E-state index contributed by atoms with van der Waals surface area (Å²) in [4.78, 5) is 15.5. The minimum Gasteiger partial charge on any atom is -0.456 e. The summed E-state index contributed by atoms with van der Waals surface area (Å²) >= 11 is 0. The first-order valence-corrected chi connectivity index (χ1v) is 20.7. The molecule has 60 heavy (non-hydrogen) atoms. The van der Waals surface area contributed by atoms with Crippen LogP contribution in [-0.2, 0) is 6.42 Å². The van der Waals surface area contributed by atoms with Crippen molar-refractivity contribution in [3.63, 3.8) is 0 Å². The van der Waals surface area contributed by atoms with E-state index in [0.29, 0.717) is 17.5 Å². The average Bonchev–Trinajstić information content (AvgIpc) is 3.85. The van der Waals surface area contributed by atoms with Gasteiger partial charge in [-0.3, -0.25) is 0 Å². The highest BCUT2D eigenvalue weighted by Gasteiger charge is 2.20. The van der Waals surface area contributed by atoms with Crippen LogP contribution in [0.4, 0.5) is 0 Å². The molecule has 0 amide bonds. The Kier molecular flexibility index (Phi) is 8.85. The molecule has 8 aromatic carbocycles. The van der Waals surface area contributed by atoms with Gasteiger partial charge in [0.15, 0.2) is 17.5 Å². The second-order valence-corrected chi connectivity index (χ2v) is 15.5. The Morgan fingerprint density at radius 3 is 1.90 bits per heavy atom. The molecule has 286 valence electrons. The first kappa shape index (κ1) is 35.5. The number of fused-ring (bicyclic) bond motifs is 6. The van der Waals surface area contributed by atoms with Crippen LogP contribution in [0.15, 0.2) is 192 Å². The van der Waals surface area contributed by atoms with Gasteiger partial charge in [-0.15, -0.1) is 0 Å². The van der Waals surface area contributed by atoms with E-state index in [4.69, 9.17) is 19.4 Å². The Balaban J connectivity index is 1.08. The summed E-state index contributed by atoms with van der Waals surface area (Å²) in [6.45, 7) is 2.23. The quantitative estimate of drug-likeness (QED) is 0.147. The highest BCUT2D eigenvalue weighted by Crippen LogP contribution is 2.39. The summed E-state index contributed by atoms with van der Waals surface area (Å²) in [5.74, 6) is 1.85. The molecule has 0 bridgehead atoms. The van der Waals surface area contributed by atoms with Gasteiger partial charge < -0.3 is 8.98 Å². The molecular formula is C55H40N4O. The molecule has 11 rings (SSSR count). The monoisotopic (exact) mass is 772 g/mol. The van der Waals surface area contributed by atoms with Crippen LogP contribution in [-0.4, -0.2) is 19.5 Å². The van der Waals surface area contributed by atoms with Crippen molar-refractivity contribution in [2.45, 2.75) is 26.2 Å². The molecule has 3 aromatic heterocycles. The van der Waals surface area contributed by atoms with Crippen molar-refractivity contribution in [2.75, 3.05) is 0 Å². The molecule has 0 fully saturated rings. The van der Waals surface area contributed by atoms with E-state index in [0.717, 1.165) is 84.0 Å². The summed E-state index contributed by atoms with van der Waals surface area (Å²) in [5, 5.41) is 4.64. The first-order chi connectivity index (χ1) is 29.7. The van der Waals surface area contributed by atoms with Crippen molar-refractivity contribution in [3.8, 4) is 62.1 Å². The van der Waals surface area contributed by atoms with Gasteiger partial charge in [0.1, 0.15) is 11.2 Å². The van der Waals surface area contributed by atoms with Gasteiger partial charge in [-0.2, -0.15) is 0 Å². The van der Waals surface area contributed by atoms with Gasteiger partial charge >= 0.3 is 0 Å². The van der Waals surface area contributed by atoms with Crippen LogP contribution < -0.4 is 0 Å². The van der Waals surface area contributed by atoms with Crippen molar-refractivity contribution in [1.82, 2.24) is 19.5 Å². The van der Waals surface area contributed by atoms with Gasteiger partial charge in [0.05, 0.1) is 16.7 Å². The molecule has 0 spiro atoms. The Morgan fingerprint density at radius 1 is 0.417 bits per heavy atom. The Hall–Kier alpha value is -7.63. The predicted molar refractivity (Wildman–Crippen MR) is 247 cm³/mol. The van der Waals surface area contributed by atoms with E-state index in [9.17, 15) is 0 Å². The molecule has 0 saturated heterocycles. The zero-order valence-electron chi connectivity index (χ0n) is 33.2. The average molecular weight is 773 g/mol. The Labute approximate surface area is 348 Å². The van der Waals surface area contributed by atoms with E-state index in [-0.39, 0.29) is 0 Å². The second-order valence-electron chi connectivity index (χ2n) is 15.5. The molecule has 0 radical (unpaired) electrons. The minimum atomic E-state index is 0.608. The van der Waals surface area contributed by atoms with Crippen LogP contribution in [0.5, 0.6) is 0 Å². The summed E-state index contributed by atoms with van der Waals surface area (Å²) in [6.07, 6.45) is 3.42. The van der Waals surface area contributed by atoms with Crippen molar-refractivity contribution < 1.29 is 4.42 Å². The molecule has 5 heteroatoms.